The lowest BCUT2D eigenvalue weighted by molar-refractivity contribution is 1.05. The van der Waals surface area contributed by atoms with Crippen LogP contribution < -0.4 is 15.6 Å². The van der Waals surface area contributed by atoms with Crippen molar-refractivity contribution in [3.8, 4) is 0 Å². The van der Waals surface area contributed by atoms with E-state index in [0.717, 1.165) is 22.5 Å². The molecule has 0 aliphatic carbocycles. The highest BCUT2D eigenvalue weighted by Gasteiger charge is 1.99. The van der Waals surface area contributed by atoms with Crippen molar-refractivity contribution in [2.45, 2.75) is 6.92 Å². The number of hydrogen-bond donors (Lipinski definition) is 2. The number of nitrogens with zero attached hydrogens (tertiary/aromatic N) is 2. The Kier molecular flexibility index (Phi) is 5.49. The summed E-state index contributed by atoms with van der Waals surface area (Å²) in [6.45, 7) is 2.03. The molecule has 5 heteroatoms. The van der Waals surface area contributed by atoms with E-state index in [9.17, 15) is 0 Å². The van der Waals surface area contributed by atoms with Crippen molar-refractivity contribution in [3.05, 3.63) is 59.7 Å². The van der Waals surface area contributed by atoms with Gasteiger partial charge in [-0.15, -0.1) is 0 Å². The summed E-state index contributed by atoms with van der Waals surface area (Å²) in [5.74, 6) is 0. The Hall–Kier alpha value is -2.40. The fourth-order valence-corrected chi connectivity index (χ4v) is 2.05. The topological polar surface area (TPSA) is 39.7 Å². The Balaban J connectivity index is 1.89. The average molecular weight is 312 g/mol. The number of para-hydroxylation sites is 1. The van der Waals surface area contributed by atoms with Gasteiger partial charge >= 0.3 is 0 Å². The molecular weight excluding hydrogens is 292 g/mol. The minimum atomic E-state index is 0.468. The molecule has 0 heterocycles. The number of rotatable bonds is 4. The van der Waals surface area contributed by atoms with Gasteiger partial charge in [-0.25, -0.2) is 0 Å². The van der Waals surface area contributed by atoms with Gasteiger partial charge in [0, 0.05) is 25.5 Å². The first-order valence-electron chi connectivity index (χ1n) is 6.99. The van der Waals surface area contributed by atoms with Crippen molar-refractivity contribution < 1.29 is 0 Å². The molecule has 2 N–H and O–H groups in total. The lowest BCUT2D eigenvalue weighted by Gasteiger charge is -2.11. The zero-order valence-electron chi connectivity index (χ0n) is 13.0. The van der Waals surface area contributed by atoms with Crippen molar-refractivity contribution >= 4 is 34.9 Å². The number of benzene rings is 2. The van der Waals surface area contributed by atoms with Gasteiger partial charge in [0.05, 0.1) is 6.21 Å². The average Bonchev–Trinajstić information content (AvgIpc) is 2.50. The summed E-state index contributed by atoms with van der Waals surface area (Å²) >= 11 is 5.22. The Bertz CT molecular complexity index is 663. The monoisotopic (exact) mass is 312 g/mol. The maximum absolute atomic E-state index is 5.22. The molecule has 2 aromatic carbocycles. The molecule has 0 aromatic heterocycles. The Morgan fingerprint density at radius 3 is 2.41 bits per heavy atom. The molecule has 0 bridgehead atoms. The van der Waals surface area contributed by atoms with Crippen LogP contribution in [0, 0.1) is 6.92 Å². The van der Waals surface area contributed by atoms with E-state index in [0.29, 0.717) is 5.11 Å². The largest absolute Gasteiger partial charge is 0.378 e. The summed E-state index contributed by atoms with van der Waals surface area (Å²) in [5.41, 5.74) is 7.10. The van der Waals surface area contributed by atoms with E-state index in [2.05, 4.69) is 20.7 Å². The van der Waals surface area contributed by atoms with Crippen molar-refractivity contribution in [1.82, 2.24) is 5.43 Å². The van der Waals surface area contributed by atoms with Crippen LogP contribution in [0.3, 0.4) is 0 Å². The third-order valence-corrected chi connectivity index (χ3v) is 3.38. The second kappa shape index (κ2) is 7.56. The van der Waals surface area contributed by atoms with E-state index < -0.39 is 0 Å². The van der Waals surface area contributed by atoms with E-state index in [4.69, 9.17) is 12.2 Å². The quantitative estimate of drug-likeness (QED) is 0.516. The molecule has 0 radical (unpaired) electrons. The zero-order valence-corrected chi connectivity index (χ0v) is 13.8. The van der Waals surface area contributed by atoms with Crippen LogP contribution in [0.25, 0.3) is 0 Å². The number of hydrazone groups is 1. The lowest BCUT2D eigenvalue weighted by Crippen LogP contribution is -2.24. The summed E-state index contributed by atoms with van der Waals surface area (Å²) in [7, 11) is 4.03. The van der Waals surface area contributed by atoms with Crippen LogP contribution in [0.15, 0.2) is 53.6 Å². The Labute approximate surface area is 136 Å². The van der Waals surface area contributed by atoms with Crippen LogP contribution in [0.2, 0.25) is 0 Å². The number of aryl methyl sites for hydroxylation is 1. The molecule has 114 valence electrons. The molecule has 0 saturated heterocycles. The third-order valence-electron chi connectivity index (χ3n) is 3.18. The zero-order chi connectivity index (χ0) is 15.9. The maximum Gasteiger partial charge on any atom is 0.191 e. The fraction of sp³-hybridized carbons (Fsp3) is 0.176. The molecule has 0 aliphatic heterocycles. The van der Waals surface area contributed by atoms with E-state index in [1.54, 1.807) is 6.21 Å². The van der Waals surface area contributed by atoms with E-state index >= 15 is 0 Å². The van der Waals surface area contributed by atoms with Crippen molar-refractivity contribution in [2.75, 3.05) is 24.3 Å². The minimum absolute atomic E-state index is 0.468. The van der Waals surface area contributed by atoms with Gasteiger partial charge in [-0.3, -0.25) is 5.43 Å². The molecular formula is C17H20N4S. The van der Waals surface area contributed by atoms with Gasteiger partial charge in [-0.1, -0.05) is 30.3 Å². The van der Waals surface area contributed by atoms with Crippen molar-refractivity contribution in [3.63, 3.8) is 0 Å². The van der Waals surface area contributed by atoms with E-state index in [-0.39, 0.29) is 0 Å². The van der Waals surface area contributed by atoms with Gasteiger partial charge in [0.2, 0.25) is 0 Å². The Morgan fingerprint density at radius 1 is 1.09 bits per heavy atom. The van der Waals surface area contributed by atoms with Gasteiger partial charge in [0.15, 0.2) is 5.11 Å². The summed E-state index contributed by atoms with van der Waals surface area (Å²) in [6, 6.07) is 16.1. The normalized spacial score (nSPS) is 10.5. The number of thiocarbonyl (C=S) groups is 1. The predicted octanol–water partition coefficient (Wildman–Crippen LogP) is 3.38. The molecule has 4 nitrogen and oxygen atoms in total. The SMILES string of the molecule is Cc1ccccc1NC(=S)N/N=C/c1ccc(N(C)C)cc1. The first-order chi connectivity index (χ1) is 10.6. The number of anilines is 2. The van der Waals surface area contributed by atoms with Gasteiger partial charge < -0.3 is 10.2 Å². The summed E-state index contributed by atoms with van der Waals surface area (Å²) < 4.78 is 0. The highest BCUT2D eigenvalue weighted by molar-refractivity contribution is 7.80. The molecule has 0 fully saturated rings. The van der Waals surface area contributed by atoms with Crippen LogP contribution in [0.4, 0.5) is 11.4 Å². The highest BCUT2D eigenvalue weighted by atomic mass is 32.1. The van der Waals surface area contributed by atoms with Gasteiger partial charge in [-0.05, 0) is 48.5 Å². The summed E-state index contributed by atoms with van der Waals surface area (Å²) in [5, 5.41) is 7.74. The Morgan fingerprint density at radius 2 is 1.77 bits per heavy atom. The first kappa shape index (κ1) is 16.0. The standard InChI is InChI=1S/C17H20N4S/c1-13-6-4-5-7-16(13)19-17(22)20-18-12-14-8-10-15(11-9-14)21(2)3/h4-12H,1-3H3,(H2,19,20,22)/b18-12+. The number of hydrogen-bond acceptors (Lipinski definition) is 3. The number of nitrogens with one attached hydrogen (secondary N) is 2. The van der Waals surface area contributed by atoms with Crippen LogP contribution in [0.5, 0.6) is 0 Å². The first-order valence-corrected chi connectivity index (χ1v) is 7.40. The van der Waals surface area contributed by atoms with Crippen molar-refractivity contribution in [1.29, 1.82) is 0 Å². The molecule has 2 aromatic rings. The van der Waals surface area contributed by atoms with Crippen LogP contribution in [-0.4, -0.2) is 25.4 Å². The molecule has 22 heavy (non-hydrogen) atoms. The van der Waals surface area contributed by atoms with Gasteiger partial charge in [0.25, 0.3) is 0 Å². The second-order valence-corrected chi connectivity index (χ2v) is 5.53. The van der Waals surface area contributed by atoms with E-state index in [1.807, 2.05) is 69.6 Å². The second-order valence-electron chi connectivity index (χ2n) is 5.13. The summed E-state index contributed by atoms with van der Waals surface area (Å²) in [6.07, 6.45) is 1.74. The molecule has 0 saturated carbocycles. The van der Waals surface area contributed by atoms with Crippen LogP contribution in [0.1, 0.15) is 11.1 Å². The fourth-order valence-electron chi connectivity index (χ4n) is 1.89. The van der Waals surface area contributed by atoms with Crippen molar-refractivity contribution in [2.24, 2.45) is 5.10 Å². The van der Waals surface area contributed by atoms with Gasteiger partial charge in [0.1, 0.15) is 0 Å². The maximum atomic E-state index is 5.22. The lowest BCUT2D eigenvalue weighted by atomic mass is 10.2. The molecule has 0 spiro atoms. The minimum Gasteiger partial charge on any atom is -0.378 e. The highest BCUT2D eigenvalue weighted by Crippen LogP contribution is 2.13. The van der Waals surface area contributed by atoms with E-state index in [1.165, 1.54) is 0 Å². The summed E-state index contributed by atoms with van der Waals surface area (Å²) in [4.78, 5) is 2.06. The molecule has 0 atom stereocenters. The third kappa shape index (κ3) is 4.56. The van der Waals surface area contributed by atoms with Gasteiger partial charge in [-0.2, -0.15) is 5.10 Å². The predicted molar refractivity (Wildman–Crippen MR) is 98.9 cm³/mol. The molecule has 0 unspecified atom stereocenters. The molecule has 0 aliphatic rings. The smallest absolute Gasteiger partial charge is 0.191 e. The molecule has 0 amide bonds. The molecule has 2 rings (SSSR count). The van der Waals surface area contributed by atoms with Crippen LogP contribution >= 0.6 is 12.2 Å². The van der Waals surface area contributed by atoms with Crippen LogP contribution in [-0.2, 0) is 0 Å².